The van der Waals surface area contributed by atoms with Crippen LogP contribution in [0.2, 0.25) is 0 Å². The van der Waals surface area contributed by atoms with E-state index in [2.05, 4.69) is 10.0 Å². The highest BCUT2D eigenvalue weighted by atomic mass is 32.1. The van der Waals surface area contributed by atoms with Gasteiger partial charge in [-0.1, -0.05) is 5.11 Å². The number of hydrogen-bond donors (Lipinski definition) is 0. The van der Waals surface area contributed by atoms with Gasteiger partial charge in [0.05, 0.1) is 11.4 Å². The molecular formula is C7H7N3OS. The lowest BCUT2D eigenvalue weighted by atomic mass is 10.2. The Morgan fingerprint density at radius 3 is 3.17 bits per heavy atom. The number of nitrogens with zero attached hydrogens (tertiary/aromatic N) is 3. The zero-order valence-electron chi connectivity index (χ0n) is 6.52. The summed E-state index contributed by atoms with van der Waals surface area (Å²) in [7, 11) is 0. The van der Waals surface area contributed by atoms with Gasteiger partial charge < -0.3 is 0 Å². The molecule has 0 aliphatic rings. The van der Waals surface area contributed by atoms with Crippen LogP contribution >= 0.6 is 11.3 Å². The Labute approximate surface area is 73.5 Å². The van der Waals surface area contributed by atoms with Crippen LogP contribution in [0.25, 0.3) is 10.4 Å². The maximum Gasteiger partial charge on any atom is 0.169 e. The van der Waals surface area contributed by atoms with E-state index in [0.29, 0.717) is 4.88 Å². The molecule has 1 heterocycles. The average molecular weight is 181 g/mol. The third-order valence-corrected chi connectivity index (χ3v) is 2.43. The highest BCUT2D eigenvalue weighted by molar-refractivity contribution is 7.12. The van der Waals surface area contributed by atoms with Gasteiger partial charge in [0, 0.05) is 4.91 Å². The van der Waals surface area contributed by atoms with Gasteiger partial charge in [0.1, 0.15) is 0 Å². The van der Waals surface area contributed by atoms with Crippen molar-refractivity contribution in [2.24, 2.45) is 5.11 Å². The molecule has 0 aliphatic carbocycles. The van der Waals surface area contributed by atoms with Crippen LogP contribution in [0.15, 0.2) is 16.6 Å². The van der Waals surface area contributed by atoms with Gasteiger partial charge in [-0.15, -0.1) is 11.3 Å². The molecule has 0 aromatic carbocycles. The van der Waals surface area contributed by atoms with Crippen LogP contribution in [0.5, 0.6) is 0 Å². The van der Waals surface area contributed by atoms with Crippen molar-refractivity contribution in [3.63, 3.8) is 0 Å². The first-order valence-electron chi connectivity index (χ1n) is 3.34. The van der Waals surface area contributed by atoms with Crippen molar-refractivity contribution in [2.45, 2.75) is 13.5 Å². The Bertz CT molecular complexity index is 338. The van der Waals surface area contributed by atoms with Gasteiger partial charge in [-0.05, 0) is 29.5 Å². The molecule has 0 saturated heterocycles. The van der Waals surface area contributed by atoms with E-state index in [1.165, 1.54) is 18.3 Å². The lowest BCUT2D eigenvalue weighted by molar-refractivity contribution is 0.102. The molecule has 12 heavy (non-hydrogen) atoms. The summed E-state index contributed by atoms with van der Waals surface area (Å²) in [5.74, 6) is 0.0214. The van der Waals surface area contributed by atoms with Gasteiger partial charge in [-0.25, -0.2) is 0 Å². The van der Waals surface area contributed by atoms with Gasteiger partial charge in [-0.2, -0.15) is 0 Å². The van der Waals surface area contributed by atoms with Crippen LogP contribution in [0.1, 0.15) is 22.2 Å². The van der Waals surface area contributed by atoms with E-state index in [9.17, 15) is 4.79 Å². The summed E-state index contributed by atoms with van der Waals surface area (Å²) >= 11 is 1.38. The van der Waals surface area contributed by atoms with Crippen LogP contribution in [0.4, 0.5) is 0 Å². The summed E-state index contributed by atoms with van der Waals surface area (Å²) in [4.78, 5) is 14.3. The Morgan fingerprint density at radius 1 is 1.83 bits per heavy atom. The Hall–Kier alpha value is -1.32. The van der Waals surface area contributed by atoms with Gasteiger partial charge >= 0.3 is 0 Å². The summed E-state index contributed by atoms with van der Waals surface area (Å²) in [5.41, 5.74) is 8.88. The largest absolute Gasteiger partial charge is 0.294 e. The molecule has 1 aromatic rings. The summed E-state index contributed by atoms with van der Waals surface area (Å²) in [6, 6.07) is 1.80. The number of ketones is 1. The normalized spacial score (nSPS) is 9.08. The van der Waals surface area contributed by atoms with Gasteiger partial charge in [0.2, 0.25) is 0 Å². The summed E-state index contributed by atoms with van der Waals surface area (Å²) in [6.07, 6.45) is 0. The second-order valence-corrected chi connectivity index (χ2v) is 3.14. The molecule has 0 saturated carbocycles. The number of azide groups is 1. The minimum Gasteiger partial charge on any atom is -0.294 e. The van der Waals surface area contributed by atoms with Crippen LogP contribution in [0.3, 0.4) is 0 Å². The number of carbonyl (C=O) groups is 1. The number of hydrogen-bond acceptors (Lipinski definition) is 3. The molecule has 0 atom stereocenters. The summed E-state index contributed by atoms with van der Waals surface area (Å²) in [6.45, 7) is 1.76. The van der Waals surface area contributed by atoms with E-state index >= 15 is 0 Å². The molecule has 5 heteroatoms. The van der Waals surface area contributed by atoms with Crippen molar-refractivity contribution in [3.05, 3.63) is 32.3 Å². The predicted octanol–water partition coefficient (Wildman–Crippen LogP) is 2.76. The first-order valence-corrected chi connectivity index (χ1v) is 4.22. The monoisotopic (exact) mass is 181 g/mol. The number of rotatable bonds is 3. The van der Waals surface area contributed by atoms with Gasteiger partial charge in [-0.3, -0.25) is 4.79 Å². The summed E-state index contributed by atoms with van der Waals surface area (Å²) in [5, 5.41) is 5.21. The highest BCUT2D eigenvalue weighted by Gasteiger charge is 2.06. The van der Waals surface area contributed by atoms with E-state index in [4.69, 9.17) is 5.53 Å². The van der Waals surface area contributed by atoms with Crippen molar-refractivity contribution < 1.29 is 4.79 Å². The van der Waals surface area contributed by atoms with Crippen LogP contribution in [-0.2, 0) is 6.54 Å². The zero-order valence-corrected chi connectivity index (χ0v) is 7.34. The van der Waals surface area contributed by atoms with E-state index < -0.39 is 0 Å². The fourth-order valence-corrected chi connectivity index (χ4v) is 1.70. The molecule has 4 nitrogen and oxygen atoms in total. The maximum absolute atomic E-state index is 11.0. The minimum atomic E-state index is 0.0214. The molecule has 0 bridgehead atoms. The topological polar surface area (TPSA) is 65.8 Å². The second-order valence-electron chi connectivity index (χ2n) is 2.22. The van der Waals surface area contributed by atoms with E-state index in [1.54, 1.807) is 6.07 Å². The Kier molecular flexibility index (Phi) is 2.85. The van der Waals surface area contributed by atoms with Crippen LogP contribution < -0.4 is 0 Å². The molecule has 0 amide bonds. The fraction of sp³-hybridized carbons (Fsp3) is 0.286. The third kappa shape index (κ3) is 1.84. The lowest BCUT2D eigenvalue weighted by Crippen LogP contribution is -1.91. The maximum atomic E-state index is 11.0. The number of carbonyl (C=O) groups excluding carboxylic acids is 1. The smallest absolute Gasteiger partial charge is 0.169 e. The molecule has 0 aliphatic heterocycles. The van der Waals surface area contributed by atoms with Crippen molar-refractivity contribution in [1.29, 1.82) is 0 Å². The van der Waals surface area contributed by atoms with Crippen molar-refractivity contribution in [2.75, 3.05) is 0 Å². The van der Waals surface area contributed by atoms with Gasteiger partial charge in [0.15, 0.2) is 5.78 Å². The Balaban J connectivity index is 2.91. The third-order valence-electron chi connectivity index (χ3n) is 1.37. The second kappa shape index (κ2) is 3.90. The van der Waals surface area contributed by atoms with E-state index in [-0.39, 0.29) is 12.3 Å². The van der Waals surface area contributed by atoms with Crippen LogP contribution in [-0.4, -0.2) is 5.78 Å². The molecule has 0 radical (unpaired) electrons. The number of Topliss-reactive ketones (excluding diaryl/α,β-unsaturated/α-hetero) is 1. The number of thiophene rings is 1. The molecule has 0 N–H and O–H groups in total. The molecule has 62 valence electrons. The van der Waals surface area contributed by atoms with E-state index in [0.717, 1.165) is 5.56 Å². The van der Waals surface area contributed by atoms with Crippen molar-refractivity contribution >= 4 is 17.1 Å². The Morgan fingerprint density at radius 2 is 2.58 bits per heavy atom. The van der Waals surface area contributed by atoms with E-state index in [1.807, 2.05) is 5.38 Å². The quantitative estimate of drug-likeness (QED) is 0.306. The van der Waals surface area contributed by atoms with Crippen LogP contribution in [0, 0.1) is 0 Å². The average Bonchev–Trinajstić information content (AvgIpc) is 2.48. The van der Waals surface area contributed by atoms with Crippen molar-refractivity contribution in [1.82, 2.24) is 0 Å². The molecule has 0 unspecified atom stereocenters. The lowest BCUT2D eigenvalue weighted by Gasteiger charge is -1.92. The SMILES string of the molecule is CC(=O)c1sccc1CN=[N+]=[N-]. The minimum absolute atomic E-state index is 0.0214. The fourth-order valence-electron chi connectivity index (χ4n) is 0.877. The first kappa shape index (κ1) is 8.77. The van der Waals surface area contributed by atoms with Gasteiger partial charge in [0.25, 0.3) is 0 Å². The summed E-state index contributed by atoms with van der Waals surface area (Å²) < 4.78 is 0. The zero-order chi connectivity index (χ0) is 8.97. The highest BCUT2D eigenvalue weighted by Crippen LogP contribution is 2.18. The molecule has 1 rings (SSSR count). The first-order chi connectivity index (χ1) is 5.75. The molecule has 0 fully saturated rings. The molecular weight excluding hydrogens is 174 g/mol. The standard InChI is InChI=1S/C7H7N3OS/c1-5(11)7-6(2-3-12-7)4-9-10-8/h2-3H,4H2,1H3. The molecule has 0 spiro atoms. The molecule has 1 aromatic heterocycles. The van der Waals surface area contributed by atoms with Crippen molar-refractivity contribution in [3.8, 4) is 0 Å². The predicted molar refractivity (Wildman–Crippen MR) is 47.2 cm³/mol.